The van der Waals surface area contributed by atoms with E-state index in [9.17, 15) is 0 Å². The second kappa shape index (κ2) is 4.60. The fraction of sp³-hybridized carbons (Fsp3) is 0.231. The predicted molar refractivity (Wildman–Crippen MR) is 70.4 cm³/mol. The average Bonchev–Trinajstić information content (AvgIpc) is 2.32. The van der Waals surface area contributed by atoms with Crippen LogP contribution in [0.25, 0.3) is 10.9 Å². The van der Waals surface area contributed by atoms with E-state index in [4.69, 9.17) is 16.9 Å². The van der Waals surface area contributed by atoms with Gasteiger partial charge in [-0.2, -0.15) is 5.26 Å². The maximum absolute atomic E-state index is 9.07. The van der Waals surface area contributed by atoms with E-state index in [2.05, 4.69) is 16.4 Å². The molecular formula is C13H12ClN3. The summed E-state index contributed by atoms with van der Waals surface area (Å²) >= 11 is 6.07. The zero-order valence-electron chi connectivity index (χ0n) is 9.71. The van der Waals surface area contributed by atoms with Crippen molar-refractivity contribution in [2.24, 2.45) is 0 Å². The van der Waals surface area contributed by atoms with Crippen LogP contribution in [0.4, 0.5) is 5.69 Å². The lowest BCUT2D eigenvalue weighted by atomic mass is 10.1. The Morgan fingerprint density at radius 2 is 2.24 bits per heavy atom. The number of pyridine rings is 1. The predicted octanol–water partition coefficient (Wildman–Crippen LogP) is 3.50. The largest absolute Gasteiger partial charge is 0.384 e. The van der Waals surface area contributed by atoms with Gasteiger partial charge in [0, 0.05) is 23.2 Å². The molecule has 0 aliphatic carbocycles. The van der Waals surface area contributed by atoms with Crippen molar-refractivity contribution in [3.05, 3.63) is 34.5 Å². The number of nitrogens with zero attached hydrogens (tertiary/aromatic N) is 2. The van der Waals surface area contributed by atoms with Crippen LogP contribution in [0.15, 0.2) is 18.3 Å². The summed E-state index contributed by atoms with van der Waals surface area (Å²) in [7, 11) is 0. The minimum Gasteiger partial charge on any atom is -0.384 e. The molecule has 4 heteroatoms. The Morgan fingerprint density at radius 1 is 1.47 bits per heavy atom. The Labute approximate surface area is 105 Å². The molecule has 86 valence electrons. The summed E-state index contributed by atoms with van der Waals surface area (Å²) < 4.78 is 0. The molecule has 0 radical (unpaired) electrons. The van der Waals surface area contributed by atoms with E-state index in [0.29, 0.717) is 10.6 Å². The number of aromatic nitrogens is 1. The Morgan fingerprint density at radius 3 is 2.88 bits per heavy atom. The lowest BCUT2D eigenvalue weighted by molar-refractivity contribution is 1.21. The van der Waals surface area contributed by atoms with E-state index in [-0.39, 0.29) is 0 Å². The second-order valence-corrected chi connectivity index (χ2v) is 4.21. The van der Waals surface area contributed by atoms with Crippen LogP contribution in [0.3, 0.4) is 0 Å². The summed E-state index contributed by atoms with van der Waals surface area (Å²) in [6.45, 7) is 4.70. The van der Waals surface area contributed by atoms with Gasteiger partial charge in [-0.3, -0.25) is 4.98 Å². The molecule has 0 saturated heterocycles. The van der Waals surface area contributed by atoms with Crippen LogP contribution in [-0.2, 0) is 0 Å². The summed E-state index contributed by atoms with van der Waals surface area (Å²) in [5, 5.41) is 13.9. The molecule has 0 atom stereocenters. The summed E-state index contributed by atoms with van der Waals surface area (Å²) in [4.78, 5) is 4.25. The van der Waals surface area contributed by atoms with Crippen LogP contribution < -0.4 is 5.32 Å². The first-order valence-corrected chi connectivity index (χ1v) is 5.78. The monoisotopic (exact) mass is 245 g/mol. The lowest BCUT2D eigenvalue weighted by Gasteiger charge is -2.10. The van der Waals surface area contributed by atoms with Crippen molar-refractivity contribution in [3.63, 3.8) is 0 Å². The fourth-order valence-electron chi connectivity index (χ4n) is 1.77. The number of halogens is 1. The topological polar surface area (TPSA) is 48.7 Å². The summed E-state index contributed by atoms with van der Waals surface area (Å²) in [6, 6.07) is 5.94. The molecule has 1 aromatic carbocycles. The van der Waals surface area contributed by atoms with Gasteiger partial charge in [-0.05, 0) is 31.5 Å². The number of hydrogen-bond acceptors (Lipinski definition) is 3. The third-order valence-corrected chi connectivity index (χ3v) is 3.03. The highest BCUT2D eigenvalue weighted by Crippen LogP contribution is 2.29. The van der Waals surface area contributed by atoms with Gasteiger partial charge >= 0.3 is 0 Å². The van der Waals surface area contributed by atoms with Crippen molar-refractivity contribution in [1.29, 1.82) is 5.26 Å². The van der Waals surface area contributed by atoms with Crippen molar-refractivity contribution >= 4 is 28.2 Å². The van der Waals surface area contributed by atoms with E-state index >= 15 is 0 Å². The van der Waals surface area contributed by atoms with Gasteiger partial charge in [0.15, 0.2) is 0 Å². The SMILES string of the molecule is CCNc1c(C#N)cnc2cc(Cl)c(C)cc12. The number of fused-ring (bicyclic) bond motifs is 1. The molecule has 2 rings (SSSR count). The number of hydrogen-bond donors (Lipinski definition) is 1. The van der Waals surface area contributed by atoms with Crippen molar-refractivity contribution in [1.82, 2.24) is 4.98 Å². The first-order chi connectivity index (χ1) is 8.17. The standard InChI is InChI=1S/C13H12ClN3/c1-3-16-13-9(6-15)7-17-12-5-11(14)8(2)4-10(12)13/h4-5,7H,3H2,1-2H3,(H,16,17). The molecule has 0 fully saturated rings. The fourth-order valence-corrected chi connectivity index (χ4v) is 1.93. The summed E-state index contributed by atoms with van der Waals surface area (Å²) in [5.41, 5.74) is 3.17. The van der Waals surface area contributed by atoms with Gasteiger partial charge in [-0.25, -0.2) is 0 Å². The van der Waals surface area contributed by atoms with Crippen LogP contribution in [0.5, 0.6) is 0 Å². The molecule has 1 N–H and O–H groups in total. The molecule has 0 amide bonds. The molecule has 0 spiro atoms. The highest BCUT2D eigenvalue weighted by molar-refractivity contribution is 6.32. The molecule has 0 saturated carbocycles. The van der Waals surface area contributed by atoms with Gasteiger partial charge < -0.3 is 5.32 Å². The minimum absolute atomic E-state index is 0.557. The van der Waals surface area contributed by atoms with Gasteiger partial charge in [0.05, 0.1) is 16.8 Å². The Bertz CT molecular complexity index is 614. The van der Waals surface area contributed by atoms with E-state index in [0.717, 1.165) is 28.7 Å². The van der Waals surface area contributed by atoms with Crippen LogP contribution in [-0.4, -0.2) is 11.5 Å². The Hall–Kier alpha value is -1.79. The van der Waals surface area contributed by atoms with Crippen molar-refractivity contribution < 1.29 is 0 Å². The molecule has 2 aromatic rings. The van der Waals surface area contributed by atoms with E-state index in [1.165, 1.54) is 0 Å². The number of aryl methyl sites for hydroxylation is 1. The zero-order chi connectivity index (χ0) is 12.4. The number of nitrogens with one attached hydrogen (secondary N) is 1. The first-order valence-electron chi connectivity index (χ1n) is 5.40. The molecular weight excluding hydrogens is 234 g/mol. The van der Waals surface area contributed by atoms with Crippen LogP contribution in [0, 0.1) is 18.3 Å². The van der Waals surface area contributed by atoms with Gasteiger partial charge in [0.1, 0.15) is 6.07 Å². The quantitative estimate of drug-likeness (QED) is 0.881. The first kappa shape index (κ1) is 11.7. The summed E-state index contributed by atoms with van der Waals surface area (Å²) in [5.74, 6) is 0. The van der Waals surface area contributed by atoms with Gasteiger partial charge in [0.2, 0.25) is 0 Å². The van der Waals surface area contributed by atoms with E-state index in [1.54, 1.807) is 6.20 Å². The molecule has 1 heterocycles. The minimum atomic E-state index is 0.557. The molecule has 0 unspecified atom stereocenters. The smallest absolute Gasteiger partial charge is 0.103 e. The van der Waals surface area contributed by atoms with Gasteiger partial charge in [-0.15, -0.1) is 0 Å². The van der Waals surface area contributed by atoms with Gasteiger partial charge in [-0.1, -0.05) is 11.6 Å². The van der Waals surface area contributed by atoms with Crippen molar-refractivity contribution in [3.8, 4) is 6.07 Å². The van der Waals surface area contributed by atoms with Crippen LogP contribution >= 0.6 is 11.6 Å². The van der Waals surface area contributed by atoms with Crippen molar-refractivity contribution in [2.45, 2.75) is 13.8 Å². The maximum Gasteiger partial charge on any atom is 0.103 e. The molecule has 0 bridgehead atoms. The zero-order valence-corrected chi connectivity index (χ0v) is 10.5. The Balaban J connectivity index is 2.80. The highest BCUT2D eigenvalue weighted by atomic mass is 35.5. The lowest BCUT2D eigenvalue weighted by Crippen LogP contribution is -2.01. The average molecular weight is 246 g/mol. The molecule has 17 heavy (non-hydrogen) atoms. The van der Waals surface area contributed by atoms with Gasteiger partial charge in [0.25, 0.3) is 0 Å². The normalized spacial score (nSPS) is 10.2. The number of anilines is 1. The Kier molecular flexibility index (Phi) is 3.16. The van der Waals surface area contributed by atoms with E-state index in [1.807, 2.05) is 26.0 Å². The number of rotatable bonds is 2. The molecule has 3 nitrogen and oxygen atoms in total. The number of nitriles is 1. The maximum atomic E-state index is 9.07. The third-order valence-electron chi connectivity index (χ3n) is 2.62. The van der Waals surface area contributed by atoms with E-state index < -0.39 is 0 Å². The highest BCUT2D eigenvalue weighted by Gasteiger charge is 2.09. The third kappa shape index (κ3) is 2.04. The molecule has 0 aliphatic heterocycles. The summed E-state index contributed by atoms with van der Waals surface area (Å²) in [6.07, 6.45) is 1.58. The van der Waals surface area contributed by atoms with Crippen LogP contribution in [0.1, 0.15) is 18.1 Å². The van der Waals surface area contributed by atoms with Crippen LogP contribution in [0.2, 0.25) is 5.02 Å². The molecule has 0 aliphatic rings. The van der Waals surface area contributed by atoms with Crippen molar-refractivity contribution in [2.75, 3.05) is 11.9 Å². The second-order valence-electron chi connectivity index (χ2n) is 3.81. The molecule has 1 aromatic heterocycles. The number of benzene rings is 1.